The summed E-state index contributed by atoms with van der Waals surface area (Å²) >= 11 is 0. The third kappa shape index (κ3) is 7.36. The number of allylic oxidation sites excluding steroid dienone is 5. The van der Waals surface area contributed by atoms with Crippen molar-refractivity contribution < 1.29 is 43.8 Å². The molecule has 3 fully saturated rings. The first-order chi connectivity index (χ1) is 16.7. The van der Waals surface area contributed by atoms with Crippen LogP contribution in [0.2, 0.25) is 0 Å². The van der Waals surface area contributed by atoms with Crippen molar-refractivity contribution in [1.82, 2.24) is 5.32 Å². The minimum atomic E-state index is -1.13. The number of amides is 1. The summed E-state index contributed by atoms with van der Waals surface area (Å²) in [7, 11) is 1.50. The normalized spacial score (nSPS) is 39.6. The van der Waals surface area contributed by atoms with E-state index in [-0.39, 0.29) is 25.7 Å². The molecule has 35 heavy (non-hydrogen) atoms. The van der Waals surface area contributed by atoms with Crippen molar-refractivity contribution in [2.24, 2.45) is 0 Å². The molecule has 10 nitrogen and oxygen atoms in total. The maximum Gasteiger partial charge on any atom is 0.407 e. The number of fused-ring (bicyclic) bond motifs is 1. The number of carbonyl (C=O) groups is 1. The Morgan fingerprint density at radius 1 is 1.23 bits per heavy atom. The predicted molar refractivity (Wildman–Crippen MR) is 126 cm³/mol. The highest BCUT2D eigenvalue weighted by Crippen LogP contribution is 2.39. The van der Waals surface area contributed by atoms with Gasteiger partial charge < -0.3 is 44.3 Å². The summed E-state index contributed by atoms with van der Waals surface area (Å²) in [5, 5.41) is 33.3. The average Bonchev–Trinajstić information content (AvgIpc) is 3.16. The number of methoxy groups -OCH3 is 1. The monoisotopic (exact) mass is 497 g/mol. The Hall–Kier alpha value is -1.79. The van der Waals surface area contributed by atoms with Crippen molar-refractivity contribution >= 4 is 6.09 Å². The zero-order chi connectivity index (χ0) is 25.6. The van der Waals surface area contributed by atoms with Crippen LogP contribution in [0.3, 0.4) is 0 Å². The molecule has 3 aliphatic heterocycles. The number of hydrogen-bond donors (Lipinski definition) is 4. The van der Waals surface area contributed by atoms with E-state index >= 15 is 0 Å². The first-order valence-electron chi connectivity index (χ1n) is 12.2. The van der Waals surface area contributed by atoms with E-state index in [1.807, 2.05) is 43.4 Å². The molecule has 0 aromatic heterocycles. The van der Waals surface area contributed by atoms with E-state index in [0.29, 0.717) is 0 Å². The molecule has 3 rings (SSSR count). The van der Waals surface area contributed by atoms with Gasteiger partial charge in [-0.25, -0.2) is 4.79 Å². The van der Waals surface area contributed by atoms with Crippen LogP contribution < -0.4 is 5.32 Å². The number of ether oxygens (including phenoxy) is 5. The summed E-state index contributed by atoms with van der Waals surface area (Å²) < 4.78 is 29.4. The molecule has 0 spiro atoms. The van der Waals surface area contributed by atoms with Crippen molar-refractivity contribution in [2.45, 2.75) is 107 Å². The lowest BCUT2D eigenvalue weighted by Crippen LogP contribution is -2.58. The van der Waals surface area contributed by atoms with Crippen molar-refractivity contribution in [2.75, 3.05) is 7.11 Å². The van der Waals surface area contributed by atoms with Crippen LogP contribution in [0, 0.1) is 0 Å². The van der Waals surface area contributed by atoms with Gasteiger partial charge in [0.05, 0.1) is 36.6 Å². The smallest absolute Gasteiger partial charge is 0.407 e. The lowest BCUT2D eigenvalue weighted by atomic mass is 9.88. The minimum absolute atomic E-state index is 0.138. The van der Waals surface area contributed by atoms with E-state index in [2.05, 4.69) is 5.32 Å². The topological polar surface area (TPSA) is 136 Å². The molecular weight excluding hydrogens is 458 g/mol. The molecule has 3 aliphatic rings. The summed E-state index contributed by atoms with van der Waals surface area (Å²) in [5.41, 5.74) is 0. The standard InChI is InChI=1S/C25H39NO9/c1-5-6-7-8-9-10-17(33-23-19(29)12-18(28)16(3)32-23)11-20-22-21(34-24(30)26-22)14-25(31-4,35-20)13-15(2)27/h5-10,15-23,27-29H,11-14H2,1-4H3,(H,26,30)/b6-5+,8-7+,10-9+/t15?,16-,17?,18?,19+,20+,21+,22?,23?,25?/m1/s1. The molecule has 10 heteroatoms. The highest BCUT2D eigenvalue weighted by atomic mass is 16.7. The quantitative estimate of drug-likeness (QED) is 0.332. The fourth-order valence-electron chi connectivity index (χ4n) is 4.74. The van der Waals surface area contributed by atoms with E-state index in [0.717, 1.165) is 0 Å². The van der Waals surface area contributed by atoms with Gasteiger partial charge in [-0.1, -0.05) is 36.5 Å². The van der Waals surface area contributed by atoms with E-state index in [1.54, 1.807) is 13.8 Å². The second-order valence-electron chi connectivity index (χ2n) is 9.43. The highest BCUT2D eigenvalue weighted by Gasteiger charge is 2.53. The second kappa shape index (κ2) is 12.4. The molecule has 1 amide bonds. The van der Waals surface area contributed by atoms with Gasteiger partial charge >= 0.3 is 6.09 Å². The van der Waals surface area contributed by atoms with E-state index < -0.39 is 66.9 Å². The Labute approximate surface area is 206 Å². The number of alkyl carbamates (subject to hydrolysis) is 1. The third-order valence-corrected chi connectivity index (χ3v) is 6.51. The summed E-state index contributed by atoms with van der Waals surface area (Å²) in [6.45, 7) is 5.29. The minimum Gasteiger partial charge on any atom is -0.444 e. The van der Waals surface area contributed by atoms with Crippen molar-refractivity contribution in [3.05, 3.63) is 36.5 Å². The zero-order valence-corrected chi connectivity index (χ0v) is 20.8. The van der Waals surface area contributed by atoms with Gasteiger partial charge in [-0.05, 0) is 20.8 Å². The van der Waals surface area contributed by atoms with Crippen molar-refractivity contribution in [3.63, 3.8) is 0 Å². The Bertz CT molecular complexity index is 785. The Kier molecular flexibility index (Phi) is 9.88. The van der Waals surface area contributed by atoms with Crippen LogP contribution in [-0.4, -0.2) is 89.4 Å². The molecule has 0 aromatic rings. The van der Waals surface area contributed by atoms with Crippen LogP contribution in [0.1, 0.15) is 46.5 Å². The highest BCUT2D eigenvalue weighted by molar-refractivity contribution is 5.70. The largest absolute Gasteiger partial charge is 0.444 e. The van der Waals surface area contributed by atoms with Gasteiger partial charge in [0, 0.05) is 32.8 Å². The first-order valence-corrected chi connectivity index (χ1v) is 12.2. The number of aliphatic hydroxyl groups excluding tert-OH is 3. The van der Waals surface area contributed by atoms with Gasteiger partial charge in [0.15, 0.2) is 12.1 Å². The second-order valence-corrected chi connectivity index (χ2v) is 9.43. The molecule has 3 saturated heterocycles. The number of hydrogen-bond acceptors (Lipinski definition) is 9. The van der Waals surface area contributed by atoms with Gasteiger partial charge in [0.25, 0.3) is 0 Å². The SMILES string of the molecule is C/C=C/C=C/C=C/C(C[C@@H]1OC(CC(C)O)(OC)C[C@@H]2OC(=O)NC21)OC1O[C@H](C)C(O)C[C@@H]1O. The fraction of sp³-hybridized carbons (Fsp3) is 0.720. The van der Waals surface area contributed by atoms with Gasteiger partial charge in [-0.15, -0.1) is 0 Å². The summed E-state index contributed by atoms with van der Waals surface area (Å²) in [6.07, 6.45) is 5.97. The maximum atomic E-state index is 12.0. The van der Waals surface area contributed by atoms with Gasteiger partial charge in [0.1, 0.15) is 12.2 Å². The summed E-state index contributed by atoms with van der Waals surface area (Å²) in [6, 6.07) is -0.434. The molecule has 0 radical (unpaired) electrons. The zero-order valence-electron chi connectivity index (χ0n) is 20.8. The van der Waals surface area contributed by atoms with Crippen LogP contribution in [-0.2, 0) is 23.7 Å². The molecule has 4 N–H and O–H groups in total. The van der Waals surface area contributed by atoms with Crippen LogP contribution in [0.25, 0.3) is 0 Å². The first kappa shape index (κ1) is 27.8. The molecule has 10 atom stereocenters. The third-order valence-electron chi connectivity index (χ3n) is 6.51. The van der Waals surface area contributed by atoms with Crippen molar-refractivity contribution in [3.8, 4) is 0 Å². The lowest BCUT2D eigenvalue weighted by molar-refractivity contribution is -0.304. The molecule has 0 saturated carbocycles. The van der Waals surface area contributed by atoms with E-state index in [9.17, 15) is 20.1 Å². The summed E-state index contributed by atoms with van der Waals surface area (Å²) in [5.74, 6) is -1.13. The fourth-order valence-corrected chi connectivity index (χ4v) is 4.74. The number of aliphatic hydroxyl groups is 3. The number of rotatable bonds is 10. The van der Waals surface area contributed by atoms with Gasteiger partial charge in [0.2, 0.25) is 0 Å². The molecular formula is C25H39NO9. The van der Waals surface area contributed by atoms with Crippen LogP contribution in [0.5, 0.6) is 0 Å². The number of carbonyl (C=O) groups excluding carboxylic acids is 1. The summed E-state index contributed by atoms with van der Waals surface area (Å²) in [4.78, 5) is 12.0. The molecule has 3 heterocycles. The van der Waals surface area contributed by atoms with E-state index in [4.69, 9.17) is 23.7 Å². The van der Waals surface area contributed by atoms with Crippen LogP contribution in [0.4, 0.5) is 4.79 Å². The van der Waals surface area contributed by atoms with Gasteiger partial charge in [-0.3, -0.25) is 0 Å². The Morgan fingerprint density at radius 2 is 1.97 bits per heavy atom. The molecule has 0 aromatic carbocycles. The van der Waals surface area contributed by atoms with Gasteiger partial charge in [-0.2, -0.15) is 0 Å². The molecule has 0 aliphatic carbocycles. The molecule has 6 unspecified atom stereocenters. The van der Waals surface area contributed by atoms with Crippen molar-refractivity contribution in [1.29, 1.82) is 0 Å². The average molecular weight is 498 g/mol. The lowest BCUT2D eigenvalue weighted by Gasteiger charge is -2.45. The Balaban J connectivity index is 1.82. The van der Waals surface area contributed by atoms with Crippen LogP contribution >= 0.6 is 0 Å². The predicted octanol–water partition coefficient (Wildman–Crippen LogP) is 1.69. The molecule has 0 bridgehead atoms. The van der Waals surface area contributed by atoms with Crippen LogP contribution in [0.15, 0.2) is 36.5 Å². The molecule has 198 valence electrons. The maximum absolute atomic E-state index is 12.0. The number of nitrogens with one attached hydrogen (secondary N) is 1. The van der Waals surface area contributed by atoms with E-state index in [1.165, 1.54) is 7.11 Å². The Morgan fingerprint density at radius 3 is 2.66 bits per heavy atom.